The van der Waals surface area contributed by atoms with Crippen molar-refractivity contribution in [2.45, 2.75) is 19.8 Å². The van der Waals surface area contributed by atoms with Crippen LogP contribution in [0.1, 0.15) is 19.8 Å². The van der Waals surface area contributed by atoms with Gasteiger partial charge in [-0.3, -0.25) is 4.72 Å². The number of benzene rings is 1. The number of halogens is 2. The van der Waals surface area contributed by atoms with E-state index < -0.39 is 10.2 Å². The second-order valence-electron chi connectivity index (χ2n) is 4.66. The average Bonchev–Trinajstić information content (AvgIpc) is 2.41. The van der Waals surface area contributed by atoms with Gasteiger partial charge in [0.05, 0.1) is 10.7 Å². The van der Waals surface area contributed by atoms with E-state index in [-0.39, 0.29) is 5.02 Å². The van der Waals surface area contributed by atoms with Gasteiger partial charge < -0.3 is 5.32 Å². The van der Waals surface area contributed by atoms with Crippen molar-refractivity contribution in [3.63, 3.8) is 0 Å². The Kier molecular flexibility index (Phi) is 7.76. The normalized spacial score (nSPS) is 11.9. The summed E-state index contributed by atoms with van der Waals surface area (Å²) >= 11 is 11.7. The van der Waals surface area contributed by atoms with Gasteiger partial charge >= 0.3 is 10.2 Å². The highest BCUT2D eigenvalue weighted by molar-refractivity contribution is 7.90. The highest BCUT2D eigenvalue weighted by Crippen LogP contribution is 2.26. The molecule has 0 aromatic heterocycles. The molecule has 0 spiro atoms. The Hall–Kier alpha value is -0.530. The van der Waals surface area contributed by atoms with E-state index in [4.69, 9.17) is 23.2 Å². The standard InChI is InChI=1S/C13H21Cl2N3O2S/c1-3-7-16-8-4-9-18(2)21(19,20)17-13-6-5-11(14)10-12(13)15/h5-6,10,16-17H,3-4,7-9H2,1-2H3. The van der Waals surface area contributed by atoms with E-state index in [1.807, 2.05) is 0 Å². The van der Waals surface area contributed by atoms with Crippen LogP contribution in [0.5, 0.6) is 0 Å². The molecule has 0 bridgehead atoms. The van der Waals surface area contributed by atoms with Crippen LogP contribution in [0.3, 0.4) is 0 Å². The van der Waals surface area contributed by atoms with E-state index in [1.54, 1.807) is 12.1 Å². The highest BCUT2D eigenvalue weighted by Gasteiger charge is 2.18. The van der Waals surface area contributed by atoms with Crippen molar-refractivity contribution in [3.8, 4) is 0 Å². The van der Waals surface area contributed by atoms with E-state index in [0.29, 0.717) is 17.3 Å². The molecule has 5 nitrogen and oxygen atoms in total. The van der Waals surface area contributed by atoms with Gasteiger partial charge in [-0.2, -0.15) is 12.7 Å². The lowest BCUT2D eigenvalue weighted by Gasteiger charge is -2.19. The molecule has 0 aliphatic rings. The van der Waals surface area contributed by atoms with Crippen LogP contribution in [0.4, 0.5) is 5.69 Å². The molecule has 1 aromatic carbocycles. The maximum absolute atomic E-state index is 12.2. The van der Waals surface area contributed by atoms with Gasteiger partial charge in [0, 0.05) is 18.6 Å². The molecule has 8 heteroatoms. The van der Waals surface area contributed by atoms with Gasteiger partial charge in [0.15, 0.2) is 0 Å². The zero-order valence-electron chi connectivity index (χ0n) is 12.2. The third-order valence-electron chi connectivity index (χ3n) is 2.83. The summed E-state index contributed by atoms with van der Waals surface area (Å²) in [7, 11) is -2.08. The lowest BCUT2D eigenvalue weighted by Crippen LogP contribution is -2.34. The van der Waals surface area contributed by atoms with Crippen LogP contribution in [-0.2, 0) is 10.2 Å². The fourth-order valence-electron chi connectivity index (χ4n) is 1.64. The van der Waals surface area contributed by atoms with Crippen LogP contribution in [0.2, 0.25) is 10.0 Å². The molecule has 0 aliphatic carbocycles. The molecule has 0 unspecified atom stereocenters. The molecule has 0 saturated carbocycles. The first-order chi connectivity index (χ1) is 9.86. The fourth-order valence-corrected chi connectivity index (χ4v) is 3.13. The summed E-state index contributed by atoms with van der Waals surface area (Å²) in [6, 6.07) is 4.62. The molecule has 1 rings (SSSR count). The Balaban J connectivity index is 2.55. The van der Waals surface area contributed by atoms with Crippen molar-refractivity contribution in [1.82, 2.24) is 9.62 Å². The predicted molar refractivity (Wildman–Crippen MR) is 89.4 cm³/mol. The average molecular weight is 354 g/mol. The molecular formula is C13H21Cl2N3O2S. The van der Waals surface area contributed by atoms with Crippen LogP contribution in [0.15, 0.2) is 18.2 Å². The first-order valence-corrected chi connectivity index (χ1v) is 8.96. The number of nitrogens with zero attached hydrogens (tertiary/aromatic N) is 1. The van der Waals surface area contributed by atoms with Crippen molar-refractivity contribution >= 4 is 39.1 Å². The molecule has 0 amide bonds. The van der Waals surface area contributed by atoms with E-state index in [2.05, 4.69) is 17.0 Å². The van der Waals surface area contributed by atoms with Crippen LogP contribution in [0, 0.1) is 0 Å². The molecule has 120 valence electrons. The number of rotatable bonds is 9. The van der Waals surface area contributed by atoms with Gasteiger partial charge in [0.2, 0.25) is 0 Å². The second-order valence-corrected chi connectivity index (χ2v) is 7.28. The summed E-state index contributed by atoms with van der Waals surface area (Å²) in [5, 5.41) is 3.95. The molecule has 1 aromatic rings. The van der Waals surface area contributed by atoms with Gasteiger partial charge in [-0.25, -0.2) is 0 Å². The Morgan fingerprint density at radius 3 is 2.57 bits per heavy atom. The maximum Gasteiger partial charge on any atom is 0.301 e. The lowest BCUT2D eigenvalue weighted by molar-refractivity contribution is 0.458. The summed E-state index contributed by atoms with van der Waals surface area (Å²) in [4.78, 5) is 0. The van der Waals surface area contributed by atoms with Crippen LogP contribution < -0.4 is 10.0 Å². The Labute approximate surface area is 136 Å². The number of anilines is 1. The third kappa shape index (κ3) is 6.40. The third-order valence-corrected chi connectivity index (χ3v) is 4.86. The quantitative estimate of drug-likeness (QED) is 0.671. The largest absolute Gasteiger partial charge is 0.317 e. The minimum absolute atomic E-state index is 0.268. The minimum Gasteiger partial charge on any atom is -0.317 e. The molecular weight excluding hydrogens is 333 g/mol. The number of nitrogens with one attached hydrogen (secondary N) is 2. The molecule has 2 N–H and O–H groups in total. The summed E-state index contributed by atoms with van der Waals surface area (Å²) in [5.74, 6) is 0. The molecule has 0 heterocycles. The molecule has 0 aliphatic heterocycles. The number of hydrogen-bond donors (Lipinski definition) is 2. The van der Waals surface area contributed by atoms with Gasteiger partial charge in [-0.05, 0) is 44.1 Å². The van der Waals surface area contributed by atoms with E-state index >= 15 is 0 Å². The first-order valence-electron chi connectivity index (χ1n) is 6.76. The molecule has 0 fully saturated rings. The van der Waals surface area contributed by atoms with E-state index in [9.17, 15) is 8.42 Å². The predicted octanol–water partition coefficient (Wildman–Crippen LogP) is 2.97. The van der Waals surface area contributed by atoms with Gasteiger partial charge in [0.25, 0.3) is 0 Å². The van der Waals surface area contributed by atoms with Crippen molar-refractivity contribution in [3.05, 3.63) is 28.2 Å². The van der Waals surface area contributed by atoms with Gasteiger partial charge in [-0.1, -0.05) is 30.1 Å². The summed E-state index contributed by atoms with van der Waals surface area (Å²) in [6.45, 7) is 4.24. The maximum atomic E-state index is 12.2. The van der Waals surface area contributed by atoms with E-state index in [1.165, 1.54) is 17.4 Å². The van der Waals surface area contributed by atoms with Gasteiger partial charge in [0.1, 0.15) is 0 Å². The van der Waals surface area contributed by atoms with Crippen molar-refractivity contribution in [2.75, 3.05) is 31.4 Å². The molecule has 21 heavy (non-hydrogen) atoms. The number of hydrogen-bond acceptors (Lipinski definition) is 3. The van der Waals surface area contributed by atoms with E-state index in [0.717, 1.165) is 25.9 Å². The second kappa shape index (κ2) is 8.80. The van der Waals surface area contributed by atoms with Crippen LogP contribution >= 0.6 is 23.2 Å². The van der Waals surface area contributed by atoms with Crippen LogP contribution in [0.25, 0.3) is 0 Å². The Morgan fingerprint density at radius 1 is 1.24 bits per heavy atom. The smallest absolute Gasteiger partial charge is 0.301 e. The monoisotopic (exact) mass is 353 g/mol. The lowest BCUT2D eigenvalue weighted by atomic mass is 10.3. The fraction of sp³-hybridized carbons (Fsp3) is 0.538. The van der Waals surface area contributed by atoms with Gasteiger partial charge in [-0.15, -0.1) is 0 Å². The summed E-state index contributed by atoms with van der Waals surface area (Å²) < 4.78 is 28.0. The summed E-state index contributed by atoms with van der Waals surface area (Å²) in [5.41, 5.74) is 0.317. The minimum atomic E-state index is -3.61. The van der Waals surface area contributed by atoms with Crippen molar-refractivity contribution in [2.24, 2.45) is 0 Å². The van der Waals surface area contributed by atoms with Crippen molar-refractivity contribution in [1.29, 1.82) is 0 Å². The molecule has 0 radical (unpaired) electrons. The molecule has 0 atom stereocenters. The Morgan fingerprint density at radius 2 is 1.95 bits per heavy atom. The highest BCUT2D eigenvalue weighted by atomic mass is 35.5. The first kappa shape index (κ1) is 18.5. The topological polar surface area (TPSA) is 61.4 Å². The zero-order valence-corrected chi connectivity index (χ0v) is 14.5. The van der Waals surface area contributed by atoms with Crippen LogP contribution in [-0.4, -0.2) is 39.4 Å². The zero-order chi connectivity index (χ0) is 15.9. The van der Waals surface area contributed by atoms with Crippen molar-refractivity contribution < 1.29 is 8.42 Å². The molecule has 0 saturated heterocycles. The Bertz CT molecular complexity index is 552. The SMILES string of the molecule is CCCNCCCN(C)S(=O)(=O)Nc1ccc(Cl)cc1Cl. The summed E-state index contributed by atoms with van der Waals surface area (Å²) in [6.07, 6.45) is 1.80.